The quantitative estimate of drug-likeness (QED) is 0.329. The van der Waals surface area contributed by atoms with E-state index in [1.54, 1.807) is 30.5 Å². The van der Waals surface area contributed by atoms with E-state index in [9.17, 15) is 4.79 Å². The third-order valence-electron chi connectivity index (χ3n) is 5.53. The summed E-state index contributed by atoms with van der Waals surface area (Å²) in [4.78, 5) is 12.9. The van der Waals surface area contributed by atoms with Crippen LogP contribution in [0.3, 0.4) is 0 Å². The van der Waals surface area contributed by atoms with Crippen molar-refractivity contribution in [2.24, 2.45) is 0 Å². The zero-order chi connectivity index (χ0) is 25.0. The summed E-state index contributed by atoms with van der Waals surface area (Å²) in [5.41, 5.74) is 3.30. The molecule has 0 aliphatic rings. The topological polar surface area (TPSA) is 96.7 Å². The Balaban J connectivity index is 1.59. The summed E-state index contributed by atoms with van der Waals surface area (Å²) in [6.45, 7) is 8.80. The second kappa shape index (κ2) is 10.2. The van der Waals surface area contributed by atoms with Crippen molar-refractivity contribution >= 4 is 23.4 Å². The number of aromatic nitrogens is 3. The summed E-state index contributed by atoms with van der Waals surface area (Å²) < 4.78 is 7.55. The molecule has 0 bridgehead atoms. The highest BCUT2D eigenvalue weighted by Crippen LogP contribution is 2.30. The molecule has 0 saturated heterocycles. The highest BCUT2D eigenvalue weighted by molar-refractivity contribution is 8.00. The SMILES string of the molecule is CC(Sc1nnc(-c2ccc(C(C)(C)C)cc2)n1Cc1ccco1)C(=O)Nc1cccc(C#N)c1. The maximum atomic E-state index is 12.9. The predicted octanol–water partition coefficient (Wildman–Crippen LogP) is 5.87. The summed E-state index contributed by atoms with van der Waals surface area (Å²) in [6, 6.07) is 21.0. The van der Waals surface area contributed by atoms with Crippen molar-refractivity contribution in [3.8, 4) is 17.5 Å². The number of carbonyl (C=O) groups excluding carboxylic acids is 1. The third kappa shape index (κ3) is 5.81. The van der Waals surface area contributed by atoms with Gasteiger partial charge in [-0.1, -0.05) is 62.9 Å². The van der Waals surface area contributed by atoms with Crippen molar-refractivity contribution < 1.29 is 9.21 Å². The van der Waals surface area contributed by atoms with E-state index in [2.05, 4.69) is 66.6 Å². The fourth-order valence-electron chi connectivity index (χ4n) is 3.53. The molecule has 0 aliphatic heterocycles. The van der Waals surface area contributed by atoms with Gasteiger partial charge in [-0.3, -0.25) is 9.36 Å². The van der Waals surface area contributed by atoms with Crippen molar-refractivity contribution in [2.75, 3.05) is 5.32 Å². The molecule has 0 aliphatic carbocycles. The average molecular weight is 486 g/mol. The minimum Gasteiger partial charge on any atom is -0.467 e. The summed E-state index contributed by atoms with van der Waals surface area (Å²) in [7, 11) is 0. The smallest absolute Gasteiger partial charge is 0.237 e. The van der Waals surface area contributed by atoms with Crippen LogP contribution in [0.4, 0.5) is 5.69 Å². The van der Waals surface area contributed by atoms with Crippen molar-refractivity contribution in [3.05, 3.63) is 83.8 Å². The lowest BCUT2D eigenvalue weighted by atomic mass is 9.87. The number of anilines is 1. The molecule has 0 saturated carbocycles. The van der Waals surface area contributed by atoms with Crippen molar-refractivity contribution in [2.45, 2.75) is 50.1 Å². The lowest BCUT2D eigenvalue weighted by Crippen LogP contribution is -2.23. The molecule has 2 aromatic carbocycles. The molecule has 0 fully saturated rings. The van der Waals surface area contributed by atoms with Gasteiger partial charge in [0.05, 0.1) is 29.7 Å². The highest BCUT2D eigenvalue weighted by atomic mass is 32.2. The van der Waals surface area contributed by atoms with Gasteiger partial charge in [-0.25, -0.2) is 0 Å². The molecule has 0 spiro atoms. The van der Waals surface area contributed by atoms with E-state index in [1.165, 1.54) is 17.3 Å². The third-order valence-corrected chi connectivity index (χ3v) is 6.61. The van der Waals surface area contributed by atoms with Gasteiger partial charge in [0.15, 0.2) is 11.0 Å². The zero-order valence-corrected chi connectivity index (χ0v) is 21.0. The zero-order valence-electron chi connectivity index (χ0n) is 20.1. The number of carbonyl (C=O) groups is 1. The first-order chi connectivity index (χ1) is 16.7. The van der Waals surface area contributed by atoms with Gasteiger partial charge in [0.1, 0.15) is 5.76 Å². The van der Waals surface area contributed by atoms with Crippen molar-refractivity contribution in [1.29, 1.82) is 5.26 Å². The number of benzene rings is 2. The summed E-state index contributed by atoms with van der Waals surface area (Å²) >= 11 is 1.32. The molecule has 1 unspecified atom stereocenters. The fraction of sp³-hybridized carbons (Fsp3) is 0.259. The van der Waals surface area contributed by atoms with E-state index in [-0.39, 0.29) is 11.3 Å². The molecule has 4 aromatic rings. The summed E-state index contributed by atoms with van der Waals surface area (Å²) in [5.74, 6) is 1.29. The molecule has 8 heteroatoms. The predicted molar refractivity (Wildman–Crippen MR) is 137 cm³/mol. The molecule has 1 amide bonds. The molecule has 1 N–H and O–H groups in total. The molecular weight excluding hydrogens is 458 g/mol. The van der Waals surface area contributed by atoms with Gasteiger partial charge in [0.25, 0.3) is 0 Å². The number of thioether (sulfide) groups is 1. The minimum absolute atomic E-state index is 0.0525. The van der Waals surface area contributed by atoms with Gasteiger partial charge in [0, 0.05) is 11.3 Å². The lowest BCUT2D eigenvalue weighted by Gasteiger charge is -2.19. The van der Waals surface area contributed by atoms with E-state index in [4.69, 9.17) is 9.68 Å². The number of rotatable bonds is 7. The van der Waals surface area contributed by atoms with Gasteiger partial charge < -0.3 is 9.73 Å². The van der Waals surface area contributed by atoms with Crippen molar-refractivity contribution in [3.63, 3.8) is 0 Å². The molecule has 2 aromatic heterocycles. The Hall–Kier alpha value is -3.83. The Kier molecular flexibility index (Phi) is 7.08. The first-order valence-corrected chi connectivity index (χ1v) is 12.2. The Morgan fingerprint density at radius 2 is 1.91 bits per heavy atom. The van der Waals surface area contributed by atoms with Crippen LogP contribution in [0, 0.1) is 11.3 Å². The van der Waals surface area contributed by atoms with Crippen LogP contribution in [-0.2, 0) is 16.8 Å². The molecule has 0 radical (unpaired) electrons. The van der Waals surface area contributed by atoms with Crippen LogP contribution in [-0.4, -0.2) is 25.9 Å². The molecule has 1 atom stereocenters. The van der Waals surface area contributed by atoms with Gasteiger partial charge >= 0.3 is 0 Å². The summed E-state index contributed by atoms with van der Waals surface area (Å²) in [5, 5.41) is 21.0. The van der Waals surface area contributed by atoms with Crippen LogP contribution in [0.15, 0.2) is 76.5 Å². The molecule has 4 rings (SSSR count). The van der Waals surface area contributed by atoms with Crippen LogP contribution in [0.1, 0.15) is 44.6 Å². The number of hydrogen-bond donors (Lipinski definition) is 1. The first kappa shape index (κ1) is 24.3. The Labute approximate surface area is 209 Å². The van der Waals surface area contributed by atoms with Crippen LogP contribution in [0.5, 0.6) is 0 Å². The summed E-state index contributed by atoms with van der Waals surface area (Å²) in [6.07, 6.45) is 1.63. The van der Waals surface area contributed by atoms with Crippen molar-refractivity contribution in [1.82, 2.24) is 14.8 Å². The second-order valence-electron chi connectivity index (χ2n) is 9.24. The maximum absolute atomic E-state index is 12.9. The number of nitrogens with one attached hydrogen (secondary N) is 1. The Morgan fingerprint density at radius 3 is 2.57 bits per heavy atom. The normalized spacial score (nSPS) is 12.2. The lowest BCUT2D eigenvalue weighted by molar-refractivity contribution is -0.115. The van der Waals surface area contributed by atoms with Crippen LogP contribution in [0.2, 0.25) is 0 Å². The second-order valence-corrected chi connectivity index (χ2v) is 10.5. The number of hydrogen-bond acceptors (Lipinski definition) is 6. The van der Waals surface area contributed by atoms with Crippen LogP contribution >= 0.6 is 11.8 Å². The van der Waals surface area contributed by atoms with E-state index in [1.807, 2.05) is 23.6 Å². The Morgan fingerprint density at radius 1 is 1.14 bits per heavy atom. The Bertz CT molecular complexity index is 1350. The van der Waals surface area contributed by atoms with E-state index in [0.717, 1.165) is 11.3 Å². The number of amides is 1. The molecular formula is C27H27N5O2S. The van der Waals surface area contributed by atoms with Crippen LogP contribution in [0.25, 0.3) is 11.4 Å². The first-order valence-electron chi connectivity index (χ1n) is 11.3. The van der Waals surface area contributed by atoms with E-state index < -0.39 is 5.25 Å². The van der Waals surface area contributed by atoms with Gasteiger partial charge in [-0.05, 0) is 48.2 Å². The molecule has 2 heterocycles. The number of nitriles is 1. The average Bonchev–Trinajstić information content (AvgIpc) is 3.49. The minimum atomic E-state index is -0.448. The van der Waals surface area contributed by atoms with E-state index >= 15 is 0 Å². The highest BCUT2D eigenvalue weighted by Gasteiger charge is 2.22. The van der Waals surface area contributed by atoms with E-state index in [0.29, 0.717) is 28.8 Å². The number of nitrogens with zero attached hydrogens (tertiary/aromatic N) is 4. The maximum Gasteiger partial charge on any atom is 0.237 e. The van der Waals surface area contributed by atoms with Gasteiger partial charge in [-0.2, -0.15) is 5.26 Å². The largest absolute Gasteiger partial charge is 0.467 e. The standard InChI is InChI=1S/C27H27N5O2S/c1-18(25(33)29-22-8-5-7-19(15-22)16-28)35-26-31-30-24(32(26)17-23-9-6-14-34-23)20-10-12-21(13-11-20)27(2,3)4/h5-15,18H,17H2,1-4H3,(H,29,33). The monoisotopic (exact) mass is 485 g/mol. The van der Waals surface area contributed by atoms with Crippen LogP contribution < -0.4 is 5.32 Å². The molecule has 178 valence electrons. The fourth-order valence-corrected chi connectivity index (χ4v) is 4.38. The number of furan rings is 1. The molecule has 35 heavy (non-hydrogen) atoms. The molecule has 7 nitrogen and oxygen atoms in total. The van der Waals surface area contributed by atoms with Gasteiger partial charge in [-0.15, -0.1) is 10.2 Å². The van der Waals surface area contributed by atoms with Gasteiger partial charge in [0.2, 0.25) is 5.91 Å².